The third kappa shape index (κ3) is 6.13. The molecule has 0 atom stereocenters. The minimum absolute atomic E-state index is 0.0562. The van der Waals surface area contributed by atoms with Crippen molar-refractivity contribution in [3.05, 3.63) is 63.2 Å². The average molecular weight is 480 g/mol. The molecule has 0 aliphatic heterocycles. The molecular formula is C18H14ClN5O5S2. The van der Waals surface area contributed by atoms with Crippen LogP contribution in [0.5, 0.6) is 5.75 Å². The number of aromatic nitrogens is 2. The number of hydrogen-bond acceptors (Lipinski definition) is 9. The van der Waals surface area contributed by atoms with Crippen LogP contribution in [0.1, 0.15) is 10.4 Å². The van der Waals surface area contributed by atoms with Gasteiger partial charge < -0.3 is 10.1 Å². The van der Waals surface area contributed by atoms with E-state index in [-0.39, 0.29) is 28.0 Å². The van der Waals surface area contributed by atoms with Gasteiger partial charge in [0.25, 0.3) is 11.6 Å². The van der Waals surface area contributed by atoms with E-state index in [9.17, 15) is 19.7 Å². The van der Waals surface area contributed by atoms with Gasteiger partial charge in [0.1, 0.15) is 5.75 Å². The molecule has 160 valence electrons. The molecule has 3 aromatic rings. The predicted octanol–water partition coefficient (Wildman–Crippen LogP) is 4.09. The molecule has 0 unspecified atom stereocenters. The minimum atomic E-state index is -0.547. The number of nitro benzene ring substituents is 1. The van der Waals surface area contributed by atoms with Gasteiger partial charge in [-0.3, -0.25) is 25.0 Å². The third-order valence-corrected chi connectivity index (χ3v) is 5.94. The van der Waals surface area contributed by atoms with Crippen LogP contribution in [0, 0.1) is 10.1 Å². The zero-order valence-electron chi connectivity index (χ0n) is 15.8. The molecule has 0 bridgehead atoms. The molecule has 0 fully saturated rings. The van der Waals surface area contributed by atoms with Crippen LogP contribution in [0.15, 0.2) is 46.8 Å². The number of thioether (sulfide) groups is 1. The molecule has 3 rings (SSSR count). The van der Waals surface area contributed by atoms with Crippen molar-refractivity contribution < 1.29 is 19.2 Å². The zero-order chi connectivity index (χ0) is 22.4. The van der Waals surface area contributed by atoms with E-state index in [2.05, 4.69) is 20.8 Å². The molecule has 2 N–H and O–H groups in total. The van der Waals surface area contributed by atoms with Gasteiger partial charge in [-0.1, -0.05) is 34.7 Å². The van der Waals surface area contributed by atoms with Crippen LogP contribution < -0.4 is 15.4 Å². The largest absolute Gasteiger partial charge is 0.495 e. The second kappa shape index (κ2) is 10.2. The van der Waals surface area contributed by atoms with E-state index in [1.165, 1.54) is 31.4 Å². The Morgan fingerprint density at radius 2 is 1.94 bits per heavy atom. The second-order valence-electron chi connectivity index (χ2n) is 5.81. The van der Waals surface area contributed by atoms with Crippen molar-refractivity contribution >= 4 is 63.0 Å². The zero-order valence-corrected chi connectivity index (χ0v) is 18.2. The van der Waals surface area contributed by atoms with E-state index in [1.807, 2.05) is 0 Å². The van der Waals surface area contributed by atoms with Crippen LogP contribution >= 0.6 is 34.7 Å². The second-order valence-corrected chi connectivity index (χ2v) is 8.45. The smallest absolute Gasteiger partial charge is 0.269 e. The van der Waals surface area contributed by atoms with Crippen LogP contribution in [0.4, 0.5) is 16.5 Å². The van der Waals surface area contributed by atoms with Gasteiger partial charge in [0.2, 0.25) is 11.0 Å². The molecule has 0 saturated heterocycles. The van der Waals surface area contributed by atoms with Crippen molar-refractivity contribution in [1.29, 1.82) is 0 Å². The number of anilines is 2. The third-order valence-electron chi connectivity index (χ3n) is 3.73. The van der Waals surface area contributed by atoms with E-state index in [0.29, 0.717) is 20.8 Å². The number of amides is 2. The van der Waals surface area contributed by atoms with E-state index in [1.54, 1.807) is 18.2 Å². The summed E-state index contributed by atoms with van der Waals surface area (Å²) >= 11 is 8.19. The monoisotopic (exact) mass is 479 g/mol. The van der Waals surface area contributed by atoms with E-state index >= 15 is 0 Å². The SMILES string of the molecule is COc1ccc(Cl)cc1NC(=O)CSc1nnc(NC(=O)c2ccc([N+](=O)[O-])cc2)s1. The summed E-state index contributed by atoms with van der Waals surface area (Å²) in [6.07, 6.45) is 0. The van der Waals surface area contributed by atoms with Crippen LogP contribution in [-0.2, 0) is 4.79 Å². The van der Waals surface area contributed by atoms with Gasteiger partial charge in [-0.2, -0.15) is 0 Å². The molecule has 0 aliphatic rings. The normalized spacial score (nSPS) is 10.4. The maximum Gasteiger partial charge on any atom is 0.269 e. The number of rotatable bonds is 8. The van der Waals surface area contributed by atoms with E-state index < -0.39 is 10.8 Å². The lowest BCUT2D eigenvalue weighted by Crippen LogP contribution is -2.14. The predicted molar refractivity (Wildman–Crippen MR) is 118 cm³/mol. The number of halogens is 1. The summed E-state index contributed by atoms with van der Waals surface area (Å²) in [5.74, 6) is -0.235. The van der Waals surface area contributed by atoms with Gasteiger partial charge in [0, 0.05) is 22.7 Å². The van der Waals surface area contributed by atoms with Crippen molar-refractivity contribution in [1.82, 2.24) is 10.2 Å². The first-order valence-corrected chi connectivity index (χ1v) is 10.7. The first-order chi connectivity index (χ1) is 14.9. The molecule has 10 nitrogen and oxygen atoms in total. The van der Waals surface area contributed by atoms with E-state index in [0.717, 1.165) is 23.1 Å². The number of nitro groups is 1. The Hall–Kier alpha value is -3.22. The number of nitrogens with one attached hydrogen (secondary N) is 2. The molecule has 2 aromatic carbocycles. The van der Waals surface area contributed by atoms with Gasteiger partial charge in [-0.25, -0.2) is 0 Å². The highest BCUT2D eigenvalue weighted by Gasteiger charge is 2.14. The van der Waals surface area contributed by atoms with Crippen LogP contribution in [0.25, 0.3) is 0 Å². The summed E-state index contributed by atoms with van der Waals surface area (Å²) in [6, 6.07) is 10.1. The number of hydrogen-bond donors (Lipinski definition) is 2. The van der Waals surface area contributed by atoms with Crippen LogP contribution in [0.3, 0.4) is 0 Å². The van der Waals surface area contributed by atoms with Gasteiger partial charge in [-0.05, 0) is 30.3 Å². The lowest BCUT2D eigenvalue weighted by atomic mass is 10.2. The molecule has 0 spiro atoms. The number of ether oxygens (including phenoxy) is 1. The average Bonchev–Trinajstić information content (AvgIpc) is 3.20. The Morgan fingerprint density at radius 1 is 1.19 bits per heavy atom. The van der Waals surface area contributed by atoms with E-state index in [4.69, 9.17) is 16.3 Å². The number of carbonyl (C=O) groups excluding carboxylic acids is 2. The fraction of sp³-hybridized carbons (Fsp3) is 0.111. The topological polar surface area (TPSA) is 136 Å². The maximum absolute atomic E-state index is 12.2. The Bertz CT molecular complexity index is 1120. The Morgan fingerprint density at radius 3 is 2.61 bits per heavy atom. The minimum Gasteiger partial charge on any atom is -0.495 e. The van der Waals surface area contributed by atoms with Crippen molar-refractivity contribution in [3.8, 4) is 5.75 Å². The summed E-state index contributed by atoms with van der Waals surface area (Å²) in [4.78, 5) is 34.6. The number of methoxy groups -OCH3 is 1. The molecule has 1 aromatic heterocycles. The fourth-order valence-electron chi connectivity index (χ4n) is 2.31. The first kappa shape index (κ1) is 22.5. The van der Waals surface area contributed by atoms with Gasteiger partial charge in [-0.15, -0.1) is 10.2 Å². The quantitative estimate of drug-likeness (QED) is 0.213. The Balaban J connectivity index is 1.54. The van der Waals surface area contributed by atoms with Gasteiger partial charge >= 0.3 is 0 Å². The fourth-order valence-corrected chi connectivity index (χ4v) is 4.03. The highest BCUT2D eigenvalue weighted by molar-refractivity contribution is 8.01. The highest BCUT2D eigenvalue weighted by atomic mass is 35.5. The lowest BCUT2D eigenvalue weighted by molar-refractivity contribution is -0.384. The van der Waals surface area contributed by atoms with Gasteiger partial charge in [0.15, 0.2) is 4.34 Å². The molecular weight excluding hydrogens is 466 g/mol. The summed E-state index contributed by atoms with van der Waals surface area (Å²) in [5.41, 5.74) is 0.582. The summed E-state index contributed by atoms with van der Waals surface area (Å²) in [5, 5.41) is 24.5. The molecule has 0 radical (unpaired) electrons. The molecule has 0 saturated carbocycles. The summed E-state index contributed by atoms with van der Waals surface area (Å²) in [6.45, 7) is 0. The molecule has 13 heteroatoms. The van der Waals surface area contributed by atoms with Crippen molar-refractivity contribution in [2.75, 3.05) is 23.5 Å². The summed E-state index contributed by atoms with van der Waals surface area (Å²) in [7, 11) is 1.49. The van der Waals surface area contributed by atoms with Crippen molar-refractivity contribution in [2.45, 2.75) is 4.34 Å². The standard InChI is InChI=1S/C18H14ClN5O5S2/c1-29-14-7-4-11(19)8-13(14)20-15(25)9-30-18-23-22-17(31-18)21-16(26)10-2-5-12(6-3-10)24(27)28/h2-8H,9H2,1H3,(H,20,25)(H,21,22,26). The van der Waals surface area contributed by atoms with Crippen LogP contribution in [0.2, 0.25) is 5.02 Å². The van der Waals surface area contributed by atoms with Crippen molar-refractivity contribution in [3.63, 3.8) is 0 Å². The first-order valence-electron chi connectivity index (χ1n) is 8.51. The maximum atomic E-state index is 12.2. The number of non-ortho nitro benzene ring substituents is 1. The van der Waals surface area contributed by atoms with Gasteiger partial charge in [0.05, 0.1) is 23.5 Å². The number of benzene rings is 2. The molecule has 1 heterocycles. The van der Waals surface area contributed by atoms with Crippen molar-refractivity contribution in [2.24, 2.45) is 0 Å². The Kier molecular flexibility index (Phi) is 7.39. The molecule has 31 heavy (non-hydrogen) atoms. The van der Waals surface area contributed by atoms with Crippen LogP contribution in [-0.4, -0.2) is 39.8 Å². The number of nitrogens with zero attached hydrogens (tertiary/aromatic N) is 3. The number of carbonyl (C=O) groups is 2. The molecule has 2 amide bonds. The Labute approximate surface area is 189 Å². The highest BCUT2D eigenvalue weighted by Crippen LogP contribution is 2.29. The summed E-state index contributed by atoms with van der Waals surface area (Å²) < 4.78 is 5.66. The lowest BCUT2D eigenvalue weighted by Gasteiger charge is -2.09. The molecule has 0 aliphatic carbocycles.